The molecule has 1 fully saturated rings. The van der Waals surface area contributed by atoms with Crippen LogP contribution in [0.25, 0.3) is 0 Å². The summed E-state index contributed by atoms with van der Waals surface area (Å²) in [5.41, 5.74) is 0.754. The van der Waals surface area contributed by atoms with E-state index >= 15 is 0 Å². The van der Waals surface area contributed by atoms with Crippen molar-refractivity contribution in [1.29, 1.82) is 0 Å². The van der Waals surface area contributed by atoms with Crippen LogP contribution in [-0.2, 0) is 15.2 Å². The number of rotatable bonds is 5. The number of halogens is 1. The Labute approximate surface area is 157 Å². The zero-order valence-corrected chi connectivity index (χ0v) is 15.2. The van der Waals surface area contributed by atoms with Crippen molar-refractivity contribution in [2.45, 2.75) is 25.4 Å². The summed E-state index contributed by atoms with van der Waals surface area (Å²) in [6, 6.07) is 14.3. The van der Waals surface area contributed by atoms with Crippen molar-refractivity contribution in [1.82, 2.24) is 5.32 Å². The third-order valence-electron chi connectivity index (χ3n) is 4.77. The number of anilines is 1. The van der Waals surface area contributed by atoms with Gasteiger partial charge in [-0.15, -0.1) is 0 Å². The first-order valence-electron chi connectivity index (χ1n) is 8.54. The van der Waals surface area contributed by atoms with Gasteiger partial charge >= 0.3 is 11.8 Å². The van der Waals surface area contributed by atoms with Gasteiger partial charge in [0.1, 0.15) is 5.60 Å². The first kappa shape index (κ1) is 18.4. The Morgan fingerprint density at radius 3 is 2.46 bits per heavy atom. The fraction of sp³-hybridized carbons (Fsp3) is 0.300. The van der Waals surface area contributed by atoms with E-state index in [2.05, 4.69) is 10.6 Å². The zero-order valence-electron chi connectivity index (χ0n) is 14.5. The van der Waals surface area contributed by atoms with Gasteiger partial charge in [-0.3, -0.25) is 9.59 Å². The molecule has 0 aliphatic heterocycles. The van der Waals surface area contributed by atoms with Crippen molar-refractivity contribution in [2.24, 2.45) is 5.92 Å². The number of carbonyl (C=O) groups excluding carboxylic acids is 2. The van der Waals surface area contributed by atoms with Gasteiger partial charge in [0.2, 0.25) is 0 Å². The molecule has 0 heterocycles. The third kappa shape index (κ3) is 3.89. The van der Waals surface area contributed by atoms with Gasteiger partial charge in [-0.2, -0.15) is 0 Å². The molecule has 136 valence electrons. The number of aliphatic hydroxyl groups is 1. The molecule has 0 aromatic heterocycles. The van der Waals surface area contributed by atoms with Crippen LogP contribution in [-0.4, -0.2) is 23.5 Å². The lowest BCUT2D eigenvalue weighted by Crippen LogP contribution is -2.45. The second kappa shape index (κ2) is 7.48. The van der Waals surface area contributed by atoms with Crippen LogP contribution in [0.4, 0.5) is 5.69 Å². The van der Waals surface area contributed by atoms with Crippen LogP contribution in [0.2, 0.25) is 5.02 Å². The molecular weight excluding hydrogens is 352 g/mol. The molecule has 0 bridgehead atoms. The summed E-state index contributed by atoms with van der Waals surface area (Å²) >= 11 is 6.02. The molecule has 2 aromatic carbocycles. The number of nitrogens with one attached hydrogen (secondary N) is 2. The van der Waals surface area contributed by atoms with Gasteiger partial charge in [0.25, 0.3) is 0 Å². The fourth-order valence-electron chi connectivity index (χ4n) is 2.99. The summed E-state index contributed by atoms with van der Waals surface area (Å²) < 4.78 is 0. The molecule has 0 unspecified atom stereocenters. The molecule has 3 N–H and O–H groups in total. The van der Waals surface area contributed by atoms with Gasteiger partial charge in [-0.25, -0.2) is 0 Å². The van der Waals surface area contributed by atoms with Crippen molar-refractivity contribution >= 4 is 29.1 Å². The summed E-state index contributed by atoms with van der Waals surface area (Å²) in [5.74, 6) is -1.50. The Balaban J connectivity index is 1.65. The molecule has 3 rings (SSSR count). The van der Waals surface area contributed by atoms with Gasteiger partial charge < -0.3 is 15.7 Å². The minimum atomic E-state index is -1.16. The molecule has 1 aliphatic carbocycles. The van der Waals surface area contributed by atoms with Crippen LogP contribution < -0.4 is 10.6 Å². The minimum absolute atomic E-state index is 0.0114. The number of carbonyl (C=O) groups is 2. The van der Waals surface area contributed by atoms with Crippen LogP contribution in [0.3, 0.4) is 0 Å². The van der Waals surface area contributed by atoms with Crippen LogP contribution in [0.15, 0.2) is 48.5 Å². The molecular formula is C20H21ClN2O3. The Morgan fingerprint density at radius 2 is 1.81 bits per heavy atom. The fourth-order valence-corrected chi connectivity index (χ4v) is 3.16. The number of benzene rings is 2. The van der Waals surface area contributed by atoms with Gasteiger partial charge in [-0.05, 0) is 48.9 Å². The summed E-state index contributed by atoms with van der Waals surface area (Å²) in [6.07, 6.45) is 1.80. The average Bonchev–Trinajstić information content (AvgIpc) is 3.49. The molecule has 1 saturated carbocycles. The predicted molar refractivity (Wildman–Crippen MR) is 101 cm³/mol. The SMILES string of the molecule is Cc1c(Cl)cccc1NC(=O)C(=O)NC[C@](O)(c1ccccc1)C1CC1. The average molecular weight is 373 g/mol. The van der Waals surface area contributed by atoms with E-state index in [9.17, 15) is 14.7 Å². The van der Waals surface area contributed by atoms with E-state index < -0.39 is 17.4 Å². The van der Waals surface area contributed by atoms with Gasteiger partial charge in [0.15, 0.2) is 0 Å². The lowest BCUT2D eigenvalue weighted by Gasteiger charge is -2.29. The summed E-state index contributed by atoms with van der Waals surface area (Å²) in [5, 5.41) is 16.7. The second-order valence-corrected chi connectivity index (χ2v) is 7.02. The van der Waals surface area contributed by atoms with E-state index in [1.54, 1.807) is 25.1 Å². The molecule has 5 nitrogen and oxygen atoms in total. The van der Waals surface area contributed by atoms with Gasteiger partial charge in [-0.1, -0.05) is 48.0 Å². The second-order valence-electron chi connectivity index (χ2n) is 6.61. The molecule has 0 radical (unpaired) electrons. The predicted octanol–water partition coefficient (Wildman–Crippen LogP) is 3.00. The summed E-state index contributed by atoms with van der Waals surface area (Å²) in [7, 11) is 0. The molecule has 26 heavy (non-hydrogen) atoms. The largest absolute Gasteiger partial charge is 0.383 e. The maximum Gasteiger partial charge on any atom is 0.313 e. The van der Waals surface area contributed by atoms with Crippen molar-refractivity contribution < 1.29 is 14.7 Å². The molecule has 0 spiro atoms. The van der Waals surface area contributed by atoms with Crippen LogP contribution in [0, 0.1) is 12.8 Å². The maximum atomic E-state index is 12.2. The lowest BCUT2D eigenvalue weighted by molar-refractivity contribution is -0.137. The van der Waals surface area contributed by atoms with E-state index in [1.165, 1.54) is 0 Å². The van der Waals surface area contributed by atoms with Crippen molar-refractivity contribution in [3.63, 3.8) is 0 Å². The zero-order chi connectivity index (χ0) is 18.7. The lowest BCUT2D eigenvalue weighted by atomic mass is 9.88. The highest BCUT2D eigenvalue weighted by Crippen LogP contribution is 2.45. The Bertz CT molecular complexity index is 821. The van der Waals surface area contributed by atoms with Crippen molar-refractivity contribution in [2.75, 3.05) is 11.9 Å². The highest BCUT2D eigenvalue weighted by atomic mass is 35.5. The maximum absolute atomic E-state index is 12.2. The van der Waals surface area contributed by atoms with Crippen LogP contribution in [0.5, 0.6) is 0 Å². The van der Waals surface area contributed by atoms with E-state index in [4.69, 9.17) is 11.6 Å². The highest BCUT2D eigenvalue weighted by molar-refractivity contribution is 6.40. The van der Waals surface area contributed by atoms with Crippen LogP contribution in [0.1, 0.15) is 24.0 Å². The Morgan fingerprint density at radius 1 is 1.12 bits per heavy atom. The minimum Gasteiger partial charge on any atom is -0.383 e. The highest BCUT2D eigenvalue weighted by Gasteiger charge is 2.45. The van der Waals surface area contributed by atoms with E-state index in [0.29, 0.717) is 16.3 Å². The summed E-state index contributed by atoms with van der Waals surface area (Å²) in [6.45, 7) is 1.75. The Hall–Kier alpha value is -2.37. The van der Waals surface area contributed by atoms with E-state index in [0.717, 1.165) is 18.4 Å². The summed E-state index contributed by atoms with van der Waals surface area (Å²) in [4.78, 5) is 24.4. The first-order valence-corrected chi connectivity index (χ1v) is 8.92. The normalized spacial score (nSPS) is 15.8. The quantitative estimate of drug-likeness (QED) is 0.706. The number of amides is 2. The third-order valence-corrected chi connectivity index (χ3v) is 5.18. The monoisotopic (exact) mass is 372 g/mol. The molecule has 1 aliphatic rings. The van der Waals surface area contributed by atoms with Gasteiger partial charge in [0, 0.05) is 10.7 Å². The van der Waals surface area contributed by atoms with Crippen molar-refractivity contribution in [3.05, 3.63) is 64.7 Å². The standard InChI is InChI=1S/C20H21ClN2O3/c1-13-16(21)8-5-9-17(13)23-19(25)18(24)22-12-20(26,15-10-11-15)14-6-3-2-4-7-14/h2-9,15,26H,10-12H2,1H3,(H,22,24)(H,23,25)/t20-/m0/s1. The number of hydrogen-bond acceptors (Lipinski definition) is 3. The Kier molecular flexibility index (Phi) is 5.30. The molecule has 6 heteroatoms. The van der Waals surface area contributed by atoms with Crippen LogP contribution >= 0.6 is 11.6 Å². The molecule has 1 atom stereocenters. The van der Waals surface area contributed by atoms with E-state index in [1.807, 2.05) is 30.3 Å². The molecule has 0 saturated heterocycles. The topological polar surface area (TPSA) is 78.4 Å². The molecule has 2 amide bonds. The van der Waals surface area contributed by atoms with Crippen molar-refractivity contribution in [3.8, 4) is 0 Å². The number of hydrogen-bond donors (Lipinski definition) is 3. The van der Waals surface area contributed by atoms with Gasteiger partial charge in [0.05, 0.1) is 6.54 Å². The smallest absolute Gasteiger partial charge is 0.313 e. The van der Waals surface area contributed by atoms with E-state index in [-0.39, 0.29) is 12.5 Å². The molecule has 2 aromatic rings. The first-order chi connectivity index (χ1) is 12.4.